The molecule has 2 heterocycles. The molecule has 0 spiro atoms. The molecule has 5 heteroatoms. The van der Waals surface area contributed by atoms with Crippen LogP contribution in [0.4, 0.5) is 0 Å². The SMILES string of the molecule is O=C(O)Cn1cnc2cnccc21. The number of fused-ring (bicyclic) bond motifs is 1. The van der Waals surface area contributed by atoms with Crippen molar-refractivity contribution in [2.45, 2.75) is 6.54 Å². The second kappa shape index (κ2) is 2.85. The van der Waals surface area contributed by atoms with Gasteiger partial charge in [-0.25, -0.2) is 4.98 Å². The minimum absolute atomic E-state index is 0.0689. The fourth-order valence-electron chi connectivity index (χ4n) is 1.19. The van der Waals surface area contributed by atoms with Gasteiger partial charge in [-0.3, -0.25) is 9.78 Å². The van der Waals surface area contributed by atoms with Gasteiger partial charge in [0.25, 0.3) is 0 Å². The van der Waals surface area contributed by atoms with Gasteiger partial charge in [0.15, 0.2) is 0 Å². The van der Waals surface area contributed by atoms with E-state index in [1.807, 2.05) is 0 Å². The van der Waals surface area contributed by atoms with E-state index < -0.39 is 5.97 Å². The average Bonchev–Trinajstić information content (AvgIpc) is 2.48. The predicted octanol–water partition coefficient (Wildman–Crippen LogP) is 0.516. The van der Waals surface area contributed by atoms with Gasteiger partial charge < -0.3 is 9.67 Å². The predicted molar refractivity (Wildman–Crippen MR) is 45.2 cm³/mol. The van der Waals surface area contributed by atoms with E-state index >= 15 is 0 Å². The number of aromatic nitrogens is 3. The summed E-state index contributed by atoms with van der Waals surface area (Å²) >= 11 is 0. The van der Waals surface area contributed by atoms with Crippen molar-refractivity contribution in [3.05, 3.63) is 24.8 Å². The first-order chi connectivity index (χ1) is 6.27. The minimum Gasteiger partial charge on any atom is -0.480 e. The van der Waals surface area contributed by atoms with E-state index in [2.05, 4.69) is 9.97 Å². The molecule has 0 atom stereocenters. The number of hydrogen-bond donors (Lipinski definition) is 1. The van der Waals surface area contributed by atoms with E-state index in [1.165, 1.54) is 6.33 Å². The van der Waals surface area contributed by atoms with E-state index in [4.69, 9.17) is 5.11 Å². The number of nitrogens with zero attached hydrogens (tertiary/aromatic N) is 3. The Bertz CT molecular complexity index is 449. The molecule has 5 nitrogen and oxygen atoms in total. The van der Waals surface area contributed by atoms with E-state index in [0.29, 0.717) is 5.52 Å². The number of rotatable bonds is 2. The highest BCUT2D eigenvalue weighted by atomic mass is 16.4. The lowest BCUT2D eigenvalue weighted by molar-refractivity contribution is -0.137. The van der Waals surface area contributed by atoms with Gasteiger partial charge in [0.05, 0.1) is 18.0 Å². The van der Waals surface area contributed by atoms with Gasteiger partial charge >= 0.3 is 5.97 Å². The topological polar surface area (TPSA) is 68.0 Å². The van der Waals surface area contributed by atoms with Crippen LogP contribution in [0.5, 0.6) is 0 Å². The Morgan fingerprint density at radius 1 is 1.62 bits per heavy atom. The maximum atomic E-state index is 10.4. The van der Waals surface area contributed by atoms with E-state index in [9.17, 15) is 4.79 Å². The van der Waals surface area contributed by atoms with Crippen LogP contribution in [0.2, 0.25) is 0 Å². The second-order valence-electron chi connectivity index (χ2n) is 2.63. The molecule has 2 aromatic rings. The van der Waals surface area contributed by atoms with Crippen molar-refractivity contribution < 1.29 is 9.90 Å². The van der Waals surface area contributed by atoms with Crippen molar-refractivity contribution in [2.24, 2.45) is 0 Å². The maximum Gasteiger partial charge on any atom is 0.323 e. The minimum atomic E-state index is -0.879. The first-order valence-corrected chi connectivity index (χ1v) is 3.74. The average molecular weight is 177 g/mol. The van der Waals surface area contributed by atoms with Gasteiger partial charge in [-0.1, -0.05) is 0 Å². The van der Waals surface area contributed by atoms with Gasteiger partial charge in [-0.15, -0.1) is 0 Å². The van der Waals surface area contributed by atoms with Crippen molar-refractivity contribution in [2.75, 3.05) is 0 Å². The molecule has 66 valence electrons. The summed E-state index contributed by atoms with van der Waals surface area (Å²) in [7, 11) is 0. The van der Waals surface area contributed by atoms with Crippen LogP contribution in [0.1, 0.15) is 0 Å². The molecule has 0 aliphatic rings. The van der Waals surface area contributed by atoms with Crippen LogP contribution in [0.25, 0.3) is 11.0 Å². The van der Waals surface area contributed by atoms with Crippen LogP contribution in [-0.2, 0) is 11.3 Å². The van der Waals surface area contributed by atoms with Crippen molar-refractivity contribution in [1.29, 1.82) is 0 Å². The fraction of sp³-hybridized carbons (Fsp3) is 0.125. The van der Waals surface area contributed by atoms with Crippen LogP contribution in [0.15, 0.2) is 24.8 Å². The highest BCUT2D eigenvalue weighted by Gasteiger charge is 2.04. The fourth-order valence-corrected chi connectivity index (χ4v) is 1.19. The number of aliphatic carboxylic acids is 1. The number of hydrogen-bond acceptors (Lipinski definition) is 3. The van der Waals surface area contributed by atoms with Gasteiger partial charge in [0, 0.05) is 6.20 Å². The summed E-state index contributed by atoms with van der Waals surface area (Å²) in [4.78, 5) is 18.3. The van der Waals surface area contributed by atoms with Crippen LogP contribution in [0.3, 0.4) is 0 Å². The summed E-state index contributed by atoms with van der Waals surface area (Å²) < 4.78 is 1.57. The Morgan fingerprint density at radius 2 is 2.46 bits per heavy atom. The molecule has 0 aromatic carbocycles. The molecule has 0 aliphatic carbocycles. The summed E-state index contributed by atoms with van der Waals surface area (Å²) in [5.74, 6) is -0.879. The van der Waals surface area contributed by atoms with Crippen molar-refractivity contribution in [3.8, 4) is 0 Å². The van der Waals surface area contributed by atoms with Gasteiger partial charge in [-0.2, -0.15) is 0 Å². The summed E-state index contributed by atoms with van der Waals surface area (Å²) in [5.41, 5.74) is 1.50. The summed E-state index contributed by atoms with van der Waals surface area (Å²) in [5, 5.41) is 8.58. The molecule has 2 rings (SSSR count). The molecule has 0 aliphatic heterocycles. The van der Waals surface area contributed by atoms with Crippen LogP contribution < -0.4 is 0 Å². The van der Waals surface area contributed by atoms with Gasteiger partial charge in [0.2, 0.25) is 0 Å². The normalized spacial score (nSPS) is 10.5. The van der Waals surface area contributed by atoms with E-state index in [-0.39, 0.29) is 6.54 Å². The third-order valence-electron chi connectivity index (χ3n) is 1.73. The molecule has 2 aromatic heterocycles. The summed E-state index contributed by atoms with van der Waals surface area (Å²) in [6.45, 7) is -0.0689. The monoisotopic (exact) mass is 177 g/mol. The molecule has 13 heavy (non-hydrogen) atoms. The number of pyridine rings is 1. The Kier molecular flexibility index (Phi) is 1.70. The van der Waals surface area contributed by atoms with E-state index in [0.717, 1.165) is 5.52 Å². The Labute approximate surface area is 73.7 Å². The number of carboxylic acid groups (broad SMARTS) is 1. The van der Waals surface area contributed by atoms with Crippen LogP contribution in [0, 0.1) is 0 Å². The molecular formula is C8H7N3O2. The first-order valence-electron chi connectivity index (χ1n) is 3.74. The van der Waals surface area contributed by atoms with Crippen LogP contribution in [-0.4, -0.2) is 25.6 Å². The maximum absolute atomic E-state index is 10.4. The number of imidazole rings is 1. The zero-order chi connectivity index (χ0) is 9.26. The molecular weight excluding hydrogens is 170 g/mol. The molecule has 0 bridgehead atoms. The summed E-state index contributed by atoms with van der Waals surface area (Å²) in [6.07, 6.45) is 4.72. The lowest BCUT2D eigenvalue weighted by atomic mass is 10.4. The van der Waals surface area contributed by atoms with Crippen molar-refractivity contribution in [1.82, 2.24) is 14.5 Å². The largest absolute Gasteiger partial charge is 0.480 e. The smallest absolute Gasteiger partial charge is 0.323 e. The molecule has 0 fully saturated rings. The van der Waals surface area contributed by atoms with Gasteiger partial charge in [-0.05, 0) is 6.07 Å². The van der Waals surface area contributed by atoms with Crippen LogP contribution >= 0.6 is 0 Å². The standard InChI is InChI=1S/C8H7N3O2/c12-8(13)4-11-5-10-6-3-9-2-1-7(6)11/h1-3,5H,4H2,(H,12,13). The Balaban J connectivity index is 2.51. The Morgan fingerprint density at radius 3 is 3.23 bits per heavy atom. The zero-order valence-electron chi connectivity index (χ0n) is 6.71. The van der Waals surface area contributed by atoms with Gasteiger partial charge in [0.1, 0.15) is 12.1 Å². The van der Waals surface area contributed by atoms with E-state index in [1.54, 1.807) is 23.0 Å². The summed E-state index contributed by atoms with van der Waals surface area (Å²) in [6, 6.07) is 1.74. The molecule has 0 amide bonds. The van der Waals surface area contributed by atoms with Crippen molar-refractivity contribution in [3.63, 3.8) is 0 Å². The highest BCUT2D eigenvalue weighted by Crippen LogP contribution is 2.09. The second-order valence-corrected chi connectivity index (χ2v) is 2.63. The third kappa shape index (κ3) is 1.35. The molecule has 0 saturated heterocycles. The number of carbonyl (C=O) groups is 1. The van der Waals surface area contributed by atoms with Crippen molar-refractivity contribution >= 4 is 17.0 Å². The quantitative estimate of drug-likeness (QED) is 0.725. The highest BCUT2D eigenvalue weighted by molar-refractivity contribution is 5.76. The zero-order valence-corrected chi connectivity index (χ0v) is 6.71. The number of carboxylic acids is 1. The molecule has 0 saturated carbocycles. The molecule has 0 radical (unpaired) electrons. The molecule has 0 unspecified atom stereocenters. The third-order valence-corrected chi connectivity index (χ3v) is 1.73. The molecule has 1 N–H and O–H groups in total. The first kappa shape index (κ1) is 7.72. The lowest BCUT2D eigenvalue weighted by Gasteiger charge is -1.97. The lowest BCUT2D eigenvalue weighted by Crippen LogP contribution is -2.07. The Hall–Kier alpha value is -1.91.